The molecule has 0 radical (unpaired) electrons. The molecule has 0 spiro atoms. The number of hydrogen-bond acceptors (Lipinski definition) is 1. The minimum Gasteiger partial charge on any atom is -0.300 e. The molecule has 0 aromatic heterocycles. The van der Waals surface area contributed by atoms with Crippen molar-refractivity contribution in [3.05, 3.63) is 0 Å². The molecule has 0 amide bonds. The zero-order valence-corrected chi connectivity index (χ0v) is 10.1. The third kappa shape index (κ3) is 1.84. The summed E-state index contributed by atoms with van der Waals surface area (Å²) in [6.07, 6.45) is 7.29. The lowest BCUT2D eigenvalue weighted by atomic mass is 9.78. The fourth-order valence-corrected chi connectivity index (χ4v) is 3.07. The maximum absolute atomic E-state index is 2.77. The quantitative estimate of drug-likeness (QED) is 0.653. The molecule has 1 aliphatic carbocycles. The van der Waals surface area contributed by atoms with Gasteiger partial charge in [-0.15, -0.1) is 0 Å². The average molecular weight is 195 g/mol. The summed E-state index contributed by atoms with van der Waals surface area (Å²) in [5, 5.41) is 0. The van der Waals surface area contributed by atoms with Crippen LogP contribution in [0.5, 0.6) is 0 Å². The second-order valence-corrected chi connectivity index (χ2v) is 5.97. The largest absolute Gasteiger partial charge is 0.300 e. The van der Waals surface area contributed by atoms with E-state index in [0.717, 1.165) is 12.0 Å². The van der Waals surface area contributed by atoms with Gasteiger partial charge in [-0.05, 0) is 37.1 Å². The lowest BCUT2D eigenvalue weighted by molar-refractivity contribution is 0.178. The second-order valence-electron chi connectivity index (χ2n) is 5.97. The van der Waals surface area contributed by atoms with Crippen molar-refractivity contribution < 1.29 is 0 Å². The van der Waals surface area contributed by atoms with Gasteiger partial charge in [-0.2, -0.15) is 0 Å². The van der Waals surface area contributed by atoms with Crippen LogP contribution in [0.25, 0.3) is 0 Å². The molecular weight excluding hydrogens is 170 g/mol. The summed E-state index contributed by atoms with van der Waals surface area (Å²) in [6.45, 7) is 9.97. The smallest absolute Gasteiger partial charge is 0.00954 e. The topological polar surface area (TPSA) is 3.24 Å². The van der Waals surface area contributed by atoms with Crippen LogP contribution >= 0.6 is 0 Å². The van der Waals surface area contributed by atoms with Crippen molar-refractivity contribution in [1.82, 2.24) is 4.90 Å². The van der Waals surface area contributed by atoms with E-state index in [4.69, 9.17) is 0 Å². The molecular formula is C13H25N. The van der Waals surface area contributed by atoms with Gasteiger partial charge in [-0.25, -0.2) is 0 Å². The van der Waals surface area contributed by atoms with E-state index in [1.54, 1.807) is 0 Å². The summed E-state index contributed by atoms with van der Waals surface area (Å²) in [5.41, 5.74) is 0.600. The SMILES string of the molecule is CC(C)C1(C)CCN(C2CCCC2)C1. The van der Waals surface area contributed by atoms with Gasteiger partial charge < -0.3 is 0 Å². The predicted molar refractivity (Wildman–Crippen MR) is 61.4 cm³/mol. The minimum atomic E-state index is 0.600. The maximum Gasteiger partial charge on any atom is 0.00954 e. The molecule has 1 saturated heterocycles. The van der Waals surface area contributed by atoms with Crippen molar-refractivity contribution in [2.45, 2.75) is 58.9 Å². The third-order valence-corrected chi connectivity index (χ3v) is 4.77. The molecule has 1 aliphatic heterocycles. The van der Waals surface area contributed by atoms with E-state index >= 15 is 0 Å². The van der Waals surface area contributed by atoms with Gasteiger partial charge >= 0.3 is 0 Å². The Morgan fingerprint density at radius 3 is 2.36 bits per heavy atom. The van der Waals surface area contributed by atoms with E-state index in [1.807, 2.05) is 0 Å². The Hall–Kier alpha value is -0.0400. The summed E-state index contributed by atoms with van der Waals surface area (Å²) < 4.78 is 0. The summed E-state index contributed by atoms with van der Waals surface area (Å²) in [7, 11) is 0. The highest BCUT2D eigenvalue weighted by molar-refractivity contribution is 4.92. The summed E-state index contributed by atoms with van der Waals surface area (Å²) in [4.78, 5) is 2.77. The van der Waals surface area contributed by atoms with Crippen molar-refractivity contribution in [3.63, 3.8) is 0 Å². The van der Waals surface area contributed by atoms with Crippen molar-refractivity contribution in [3.8, 4) is 0 Å². The van der Waals surface area contributed by atoms with E-state index < -0.39 is 0 Å². The first-order valence-electron chi connectivity index (χ1n) is 6.36. The average Bonchev–Trinajstić information content (AvgIpc) is 2.72. The van der Waals surface area contributed by atoms with Crippen molar-refractivity contribution in [1.29, 1.82) is 0 Å². The molecule has 14 heavy (non-hydrogen) atoms. The number of rotatable bonds is 2. The Kier molecular flexibility index (Phi) is 2.88. The summed E-state index contributed by atoms with van der Waals surface area (Å²) >= 11 is 0. The van der Waals surface area contributed by atoms with E-state index in [2.05, 4.69) is 25.7 Å². The minimum absolute atomic E-state index is 0.600. The molecule has 1 unspecified atom stereocenters. The molecule has 2 rings (SSSR count). The van der Waals surface area contributed by atoms with Crippen LogP contribution in [0.1, 0.15) is 52.9 Å². The van der Waals surface area contributed by atoms with Crippen LogP contribution in [0.2, 0.25) is 0 Å². The van der Waals surface area contributed by atoms with Gasteiger partial charge in [0.1, 0.15) is 0 Å². The Morgan fingerprint density at radius 1 is 1.21 bits per heavy atom. The zero-order valence-electron chi connectivity index (χ0n) is 10.1. The summed E-state index contributed by atoms with van der Waals surface area (Å²) in [6, 6.07) is 0.940. The summed E-state index contributed by atoms with van der Waals surface area (Å²) in [5.74, 6) is 0.842. The van der Waals surface area contributed by atoms with E-state index in [9.17, 15) is 0 Å². The van der Waals surface area contributed by atoms with Gasteiger partial charge in [0.25, 0.3) is 0 Å². The van der Waals surface area contributed by atoms with Gasteiger partial charge in [-0.1, -0.05) is 33.6 Å². The van der Waals surface area contributed by atoms with Crippen LogP contribution in [0.3, 0.4) is 0 Å². The lowest BCUT2D eigenvalue weighted by Gasteiger charge is -2.31. The van der Waals surface area contributed by atoms with Crippen LogP contribution in [0.4, 0.5) is 0 Å². The van der Waals surface area contributed by atoms with E-state index in [0.29, 0.717) is 5.41 Å². The zero-order chi connectivity index (χ0) is 10.2. The Balaban J connectivity index is 1.93. The highest BCUT2D eigenvalue weighted by atomic mass is 15.2. The van der Waals surface area contributed by atoms with Crippen molar-refractivity contribution in [2.75, 3.05) is 13.1 Å². The van der Waals surface area contributed by atoms with E-state index in [1.165, 1.54) is 45.2 Å². The third-order valence-electron chi connectivity index (χ3n) is 4.77. The van der Waals surface area contributed by atoms with Gasteiger partial charge in [0, 0.05) is 12.6 Å². The Morgan fingerprint density at radius 2 is 1.86 bits per heavy atom. The van der Waals surface area contributed by atoms with Crippen molar-refractivity contribution >= 4 is 0 Å². The molecule has 1 heterocycles. The Labute approximate surface area is 88.9 Å². The molecule has 2 aliphatic rings. The van der Waals surface area contributed by atoms with Gasteiger partial charge in [0.05, 0.1) is 0 Å². The standard InChI is InChI=1S/C13H25N/c1-11(2)13(3)8-9-14(10-13)12-6-4-5-7-12/h11-12H,4-10H2,1-3H3. The fourth-order valence-electron chi connectivity index (χ4n) is 3.07. The highest BCUT2D eigenvalue weighted by Gasteiger charge is 2.39. The second kappa shape index (κ2) is 3.84. The first-order valence-corrected chi connectivity index (χ1v) is 6.36. The van der Waals surface area contributed by atoms with Crippen LogP contribution < -0.4 is 0 Å². The molecule has 1 atom stereocenters. The number of hydrogen-bond donors (Lipinski definition) is 0. The number of nitrogens with zero attached hydrogens (tertiary/aromatic N) is 1. The molecule has 0 bridgehead atoms. The van der Waals surface area contributed by atoms with Crippen LogP contribution in [0.15, 0.2) is 0 Å². The Bertz CT molecular complexity index is 193. The van der Waals surface area contributed by atoms with Gasteiger partial charge in [-0.3, -0.25) is 4.90 Å². The molecule has 0 aromatic carbocycles. The molecule has 0 N–H and O–H groups in total. The van der Waals surface area contributed by atoms with Crippen LogP contribution in [0, 0.1) is 11.3 Å². The molecule has 82 valence electrons. The molecule has 1 nitrogen and oxygen atoms in total. The van der Waals surface area contributed by atoms with Gasteiger partial charge in [0.2, 0.25) is 0 Å². The molecule has 2 fully saturated rings. The molecule has 0 aromatic rings. The lowest BCUT2D eigenvalue weighted by Crippen LogP contribution is -2.34. The predicted octanol–water partition coefficient (Wildman–Crippen LogP) is 3.30. The fraction of sp³-hybridized carbons (Fsp3) is 1.00. The van der Waals surface area contributed by atoms with Crippen LogP contribution in [-0.4, -0.2) is 24.0 Å². The maximum atomic E-state index is 2.77. The van der Waals surface area contributed by atoms with E-state index in [-0.39, 0.29) is 0 Å². The monoisotopic (exact) mass is 195 g/mol. The number of likely N-dealkylation sites (tertiary alicyclic amines) is 1. The van der Waals surface area contributed by atoms with Gasteiger partial charge in [0.15, 0.2) is 0 Å². The van der Waals surface area contributed by atoms with Crippen LogP contribution in [-0.2, 0) is 0 Å². The highest BCUT2D eigenvalue weighted by Crippen LogP contribution is 2.39. The van der Waals surface area contributed by atoms with Crippen molar-refractivity contribution in [2.24, 2.45) is 11.3 Å². The normalized spacial score (nSPS) is 36.0. The first kappa shape index (κ1) is 10.5. The molecule has 1 saturated carbocycles. The first-order chi connectivity index (χ1) is 6.62. The molecule has 1 heteroatoms.